The molecule has 0 fully saturated rings. The smallest absolute Gasteiger partial charge is 0.255 e. The maximum atomic E-state index is 13.5. The van der Waals surface area contributed by atoms with E-state index < -0.39 is 11.7 Å². The minimum Gasteiger partial charge on any atom is -0.352 e. The molecule has 0 atom stereocenters. The normalized spacial score (nSPS) is 10.4. The van der Waals surface area contributed by atoms with Gasteiger partial charge < -0.3 is 5.32 Å². The molecule has 5 heteroatoms. The zero-order valence-corrected chi connectivity index (χ0v) is 12.9. The van der Waals surface area contributed by atoms with Crippen LogP contribution in [-0.4, -0.2) is 18.2 Å². The maximum Gasteiger partial charge on any atom is 0.255 e. The predicted molar refractivity (Wildman–Crippen MR) is 85.5 cm³/mol. The first-order valence-electron chi connectivity index (χ1n) is 6.58. The Labute approximate surface area is 132 Å². The zero-order valence-electron chi connectivity index (χ0n) is 11.3. The Balaban J connectivity index is 1.75. The third-order valence-corrected chi connectivity index (χ3v) is 4.22. The van der Waals surface area contributed by atoms with Crippen LogP contribution >= 0.6 is 23.4 Å². The van der Waals surface area contributed by atoms with Gasteiger partial charge >= 0.3 is 0 Å². The van der Waals surface area contributed by atoms with Gasteiger partial charge in [0.1, 0.15) is 5.82 Å². The molecule has 0 saturated carbocycles. The van der Waals surface area contributed by atoms with Crippen LogP contribution in [0, 0.1) is 5.82 Å². The van der Waals surface area contributed by atoms with E-state index in [1.165, 1.54) is 23.1 Å². The molecule has 0 unspecified atom stereocenters. The van der Waals surface area contributed by atoms with Crippen molar-refractivity contribution in [2.24, 2.45) is 0 Å². The maximum absolute atomic E-state index is 13.5. The third kappa shape index (κ3) is 4.76. The first-order valence-corrected chi connectivity index (χ1v) is 7.95. The SMILES string of the molecule is O=C(NCCCSc1ccccc1)c1c(F)cccc1Cl. The highest BCUT2D eigenvalue weighted by Crippen LogP contribution is 2.19. The summed E-state index contributed by atoms with van der Waals surface area (Å²) in [6, 6.07) is 14.3. The van der Waals surface area contributed by atoms with Crippen LogP contribution < -0.4 is 5.32 Å². The van der Waals surface area contributed by atoms with Crippen LogP contribution in [0.2, 0.25) is 5.02 Å². The molecular weight excluding hydrogens is 309 g/mol. The van der Waals surface area contributed by atoms with Gasteiger partial charge in [-0.1, -0.05) is 35.9 Å². The highest BCUT2D eigenvalue weighted by molar-refractivity contribution is 7.99. The fourth-order valence-corrected chi connectivity index (χ4v) is 2.91. The van der Waals surface area contributed by atoms with E-state index in [4.69, 9.17) is 11.6 Å². The molecule has 2 aromatic carbocycles. The monoisotopic (exact) mass is 323 g/mol. The number of benzene rings is 2. The number of rotatable bonds is 6. The average molecular weight is 324 g/mol. The minimum atomic E-state index is -0.598. The van der Waals surface area contributed by atoms with Crippen LogP contribution in [0.3, 0.4) is 0 Å². The summed E-state index contributed by atoms with van der Waals surface area (Å²) in [5, 5.41) is 2.82. The lowest BCUT2D eigenvalue weighted by molar-refractivity contribution is 0.0950. The Morgan fingerprint density at radius 1 is 1.14 bits per heavy atom. The Morgan fingerprint density at radius 3 is 2.62 bits per heavy atom. The number of carbonyl (C=O) groups is 1. The van der Waals surface area contributed by atoms with Crippen molar-refractivity contribution in [2.75, 3.05) is 12.3 Å². The minimum absolute atomic E-state index is 0.0881. The van der Waals surface area contributed by atoms with Crippen LogP contribution in [0.25, 0.3) is 0 Å². The van der Waals surface area contributed by atoms with Crippen molar-refractivity contribution in [3.05, 3.63) is 64.9 Å². The number of thioether (sulfide) groups is 1. The van der Waals surface area contributed by atoms with E-state index in [0.29, 0.717) is 6.54 Å². The zero-order chi connectivity index (χ0) is 15.1. The predicted octanol–water partition coefficient (Wildman–Crippen LogP) is 4.39. The van der Waals surface area contributed by atoms with Gasteiger partial charge in [0.05, 0.1) is 10.6 Å². The standard InChI is InChI=1S/C16H15ClFNOS/c17-13-8-4-9-14(18)15(13)16(20)19-10-5-11-21-12-6-2-1-3-7-12/h1-4,6-9H,5,10-11H2,(H,19,20). The van der Waals surface area contributed by atoms with E-state index in [-0.39, 0.29) is 10.6 Å². The molecular formula is C16H15ClFNOS. The molecule has 0 aromatic heterocycles. The van der Waals surface area contributed by atoms with Crippen molar-refractivity contribution >= 4 is 29.3 Å². The summed E-state index contributed by atoms with van der Waals surface area (Å²) in [5.74, 6) is -0.184. The molecule has 110 valence electrons. The molecule has 1 N–H and O–H groups in total. The van der Waals surface area contributed by atoms with Gasteiger partial charge in [0.25, 0.3) is 5.91 Å². The fourth-order valence-electron chi connectivity index (χ4n) is 1.78. The van der Waals surface area contributed by atoms with Gasteiger partial charge in [0.15, 0.2) is 0 Å². The van der Waals surface area contributed by atoms with Gasteiger partial charge in [0, 0.05) is 11.4 Å². The molecule has 0 saturated heterocycles. The largest absolute Gasteiger partial charge is 0.352 e. The summed E-state index contributed by atoms with van der Waals surface area (Å²) in [6.07, 6.45) is 0.803. The molecule has 0 bridgehead atoms. The van der Waals surface area contributed by atoms with Crippen LogP contribution in [0.4, 0.5) is 4.39 Å². The van der Waals surface area contributed by atoms with Crippen LogP contribution in [0.5, 0.6) is 0 Å². The van der Waals surface area contributed by atoms with Gasteiger partial charge in [-0.05, 0) is 36.4 Å². The van der Waals surface area contributed by atoms with Crippen molar-refractivity contribution in [3.8, 4) is 0 Å². The van der Waals surface area contributed by atoms with Crippen molar-refractivity contribution in [1.82, 2.24) is 5.32 Å². The van der Waals surface area contributed by atoms with Crippen LogP contribution in [0.1, 0.15) is 16.8 Å². The summed E-state index contributed by atoms with van der Waals surface area (Å²) < 4.78 is 13.5. The Morgan fingerprint density at radius 2 is 1.90 bits per heavy atom. The molecule has 0 aliphatic heterocycles. The van der Waals surface area contributed by atoms with Crippen molar-refractivity contribution in [2.45, 2.75) is 11.3 Å². The molecule has 2 rings (SSSR count). The molecule has 0 aliphatic carbocycles. The van der Waals surface area contributed by atoms with E-state index >= 15 is 0 Å². The third-order valence-electron chi connectivity index (χ3n) is 2.81. The number of hydrogen-bond acceptors (Lipinski definition) is 2. The molecule has 0 spiro atoms. The Bertz CT molecular complexity index is 586. The van der Waals surface area contributed by atoms with Crippen LogP contribution in [0.15, 0.2) is 53.4 Å². The van der Waals surface area contributed by atoms with Gasteiger partial charge in [-0.15, -0.1) is 11.8 Å². The Kier molecular flexibility index (Phi) is 6.08. The summed E-state index contributed by atoms with van der Waals surface area (Å²) >= 11 is 7.56. The van der Waals surface area contributed by atoms with E-state index in [1.807, 2.05) is 30.3 Å². The second-order valence-electron chi connectivity index (χ2n) is 4.37. The quantitative estimate of drug-likeness (QED) is 0.631. The van der Waals surface area contributed by atoms with Gasteiger partial charge in [-0.25, -0.2) is 4.39 Å². The highest BCUT2D eigenvalue weighted by atomic mass is 35.5. The number of nitrogens with one attached hydrogen (secondary N) is 1. The fraction of sp³-hybridized carbons (Fsp3) is 0.188. The summed E-state index contributed by atoms with van der Waals surface area (Å²) in [4.78, 5) is 13.1. The topological polar surface area (TPSA) is 29.1 Å². The molecule has 21 heavy (non-hydrogen) atoms. The molecule has 2 aromatic rings. The second kappa shape index (κ2) is 8.05. The van der Waals surface area contributed by atoms with Crippen molar-refractivity contribution < 1.29 is 9.18 Å². The lowest BCUT2D eigenvalue weighted by Gasteiger charge is -2.07. The van der Waals surface area contributed by atoms with E-state index in [0.717, 1.165) is 12.2 Å². The molecule has 1 amide bonds. The first-order chi connectivity index (χ1) is 10.2. The summed E-state index contributed by atoms with van der Waals surface area (Å²) in [5.41, 5.74) is -0.0881. The lowest BCUT2D eigenvalue weighted by atomic mass is 10.2. The summed E-state index contributed by atoms with van der Waals surface area (Å²) in [6.45, 7) is 0.489. The van der Waals surface area contributed by atoms with E-state index in [1.54, 1.807) is 11.8 Å². The van der Waals surface area contributed by atoms with E-state index in [2.05, 4.69) is 5.32 Å². The highest BCUT2D eigenvalue weighted by Gasteiger charge is 2.14. The van der Waals surface area contributed by atoms with E-state index in [9.17, 15) is 9.18 Å². The lowest BCUT2D eigenvalue weighted by Crippen LogP contribution is -2.26. The molecule has 0 aliphatic rings. The Hall–Kier alpha value is -1.52. The van der Waals surface area contributed by atoms with Gasteiger partial charge in [-0.2, -0.15) is 0 Å². The molecule has 2 nitrogen and oxygen atoms in total. The van der Waals surface area contributed by atoms with Gasteiger partial charge in [-0.3, -0.25) is 4.79 Å². The number of hydrogen-bond donors (Lipinski definition) is 1. The summed E-state index contributed by atoms with van der Waals surface area (Å²) in [7, 11) is 0. The van der Waals surface area contributed by atoms with Crippen molar-refractivity contribution in [1.29, 1.82) is 0 Å². The van der Waals surface area contributed by atoms with Crippen molar-refractivity contribution in [3.63, 3.8) is 0 Å². The molecule has 0 heterocycles. The molecule has 0 radical (unpaired) electrons. The average Bonchev–Trinajstić information content (AvgIpc) is 2.48. The van der Waals surface area contributed by atoms with Crippen LogP contribution in [-0.2, 0) is 0 Å². The number of halogens is 2. The first kappa shape index (κ1) is 15.9. The number of carbonyl (C=O) groups excluding carboxylic acids is 1. The van der Waals surface area contributed by atoms with Gasteiger partial charge in [0.2, 0.25) is 0 Å². The number of amides is 1. The second-order valence-corrected chi connectivity index (χ2v) is 5.94.